The van der Waals surface area contributed by atoms with Crippen LogP contribution in [0.15, 0.2) is 18.2 Å². The third-order valence-electron chi connectivity index (χ3n) is 3.68. The molecule has 1 N–H and O–H groups in total. The highest BCUT2D eigenvalue weighted by atomic mass is 16.6. The van der Waals surface area contributed by atoms with Gasteiger partial charge in [-0.2, -0.15) is 0 Å². The lowest BCUT2D eigenvalue weighted by Crippen LogP contribution is -2.19. The van der Waals surface area contributed by atoms with Crippen LogP contribution in [0.2, 0.25) is 0 Å². The van der Waals surface area contributed by atoms with Crippen LogP contribution in [0.5, 0.6) is 5.75 Å². The first-order chi connectivity index (χ1) is 9.70. The molecule has 0 amide bonds. The number of hydrogen-bond acceptors (Lipinski definition) is 4. The molecule has 0 aliphatic heterocycles. The quantitative estimate of drug-likeness (QED) is 0.450. The van der Waals surface area contributed by atoms with Crippen LogP contribution < -0.4 is 10.1 Å². The Hall–Kier alpha value is -1.62. The van der Waals surface area contributed by atoms with Crippen LogP contribution in [0.1, 0.15) is 38.2 Å². The van der Waals surface area contributed by atoms with Crippen LogP contribution in [-0.4, -0.2) is 18.1 Å². The molecular weight excluding hydrogens is 256 g/mol. The molecule has 0 unspecified atom stereocenters. The zero-order valence-corrected chi connectivity index (χ0v) is 11.9. The summed E-state index contributed by atoms with van der Waals surface area (Å²) in [5, 5.41) is 14.4. The van der Waals surface area contributed by atoms with Crippen molar-refractivity contribution in [3.05, 3.63) is 33.9 Å². The molecule has 110 valence electrons. The summed E-state index contributed by atoms with van der Waals surface area (Å²) in [7, 11) is 0. The van der Waals surface area contributed by atoms with E-state index < -0.39 is 0 Å². The third-order valence-corrected chi connectivity index (χ3v) is 3.68. The average Bonchev–Trinajstić information content (AvgIpc) is 2.38. The summed E-state index contributed by atoms with van der Waals surface area (Å²) in [6, 6.07) is 5.23. The molecule has 0 heterocycles. The van der Waals surface area contributed by atoms with Crippen molar-refractivity contribution in [2.24, 2.45) is 5.92 Å². The monoisotopic (exact) mass is 278 g/mol. The van der Waals surface area contributed by atoms with Crippen molar-refractivity contribution in [1.82, 2.24) is 5.32 Å². The third kappa shape index (κ3) is 3.93. The molecule has 2 rings (SSSR count). The molecule has 20 heavy (non-hydrogen) atoms. The summed E-state index contributed by atoms with van der Waals surface area (Å²) in [6.07, 6.45) is 4.64. The molecule has 1 fully saturated rings. The van der Waals surface area contributed by atoms with E-state index in [1.165, 1.54) is 19.3 Å². The van der Waals surface area contributed by atoms with Crippen molar-refractivity contribution in [2.75, 3.05) is 13.2 Å². The topological polar surface area (TPSA) is 64.4 Å². The van der Waals surface area contributed by atoms with Gasteiger partial charge in [0.15, 0.2) is 5.75 Å². The molecule has 1 aliphatic carbocycles. The molecule has 1 saturated carbocycles. The van der Waals surface area contributed by atoms with Gasteiger partial charge in [-0.05, 0) is 43.4 Å². The van der Waals surface area contributed by atoms with E-state index in [2.05, 4.69) is 12.2 Å². The average molecular weight is 278 g/mol. The van der Waals surface area contributed by atoms with Gasteiger partial charge in [0, 0.05) is 12.6 Å². The summed E-state index contributed by atoms with van der Waals surface area (Å²) < 4.78 is 5.62. The number of benzene rings is 1. The number of ether oxygens (including phenoxy) is 1. The fourth-order valence-corrected chi connectivity index (χ4v) is 2.21. The second-order valence-corrected chi connectivity index (χ2v) is 5.34. The molecule has 0 aromatic heterocycles. The maximum Gasteiger partial charge on any atom is 0.311 e. The van der Waals surface area contributed by atoms with Gasteiger partial charge in [-0.25, -0.2) is 0 Å². The first kappa shape index (κ1) is 14.8. The molecule has 5 nitrogen and oxygen atoms in total. The maximum absolute atomic E-state index is 11.1. The first-order valence-electron chi connectivity index (χ1n) is 7.31. The molecule has 0 saturated heterocycles. The van der Waals surface area contributed by atoms with Crippen molar-refractivity contribution in [1.29, 1.82) is 0 Å². The first-order valence-corrected chi connectivity index (χ1v) is 7.31. The summed E-state index contributed by atoms with van der Waals surface area (Å²) in [6.45, 7) is 4.24. The number of hydrogen-bond donors (Lipinski definition) is 1. The van der Waals surface area contributed by atoms with Crippen LogP contribution in [0, 0.1) is 16.0 Å². The Balaban J connectivity index is 2.00. The predicted octanol–water partition coefficient (Wildman–Crippen LogP) is 3.27. The largest absolute Gasteiger partial charge is 0.487 e. The van der Waals surface area contributed by atoms with E-state index in [9.17, 15) is 10.1 Å². The minimum Gasteiger partial charge on any atom is -0.487 e. The Kier molecular flexibility index (Phi) is 5.35. The minimum atomic E-state index is -0.362. The SMILES string of the molecule is CCCNCc1ccc(OCC2CCC2)c([N+](=O)[O-])c1. The summed E-state index contributed by atoms with van der Waals surface area (Å²) >= 11 is 0. The van der Waals surface area contributed by atoms with E-state index in [1.807, 2.05) is 6.07 Å². The molecule has 1 aliphatic rings. The van der Waals surface area contributed by atoms with Gasteiger partial charge < -0.3 is 10.1 Å². The van der Waals surface area contributed by atoms with E-state index in [1.54, 1.807) is 12.1 Å². The van der Waals surface area contributed by atoms with E-state index in [4.69, 9.17) is 4.74 Å². The molecule has 0 atom stereocenters. The lowest BCUT2D eigenvalue weighted by atomic mass is 9.86. The highest BCUT2D eigenvalue weighted by Crippen LogP contribution is 2.31. The molecular formula is C15H22N2O3. The summed E-state index contributed by atoms with van der Waals surface area (Å²) in [5.41, 5.74) is 0.987. The van der Waals surface area contributed by atoms with Crippen molar-refractivity contribution in [3.63, 3.8) is 0 Å². The van der Waals surface area contributed by atoms with Crippen molar-refractivity contribution >= 4 is 5.69 Å². The van der Waals surface area contributed by atoms with Crippen LogP contribution in [0.3, 0.4) is 0 Å². The van der Waals surface area contributed by atoms with E-state index in [0.29, 0.717) is 24.8 Å². The minimum absolute atomic E-state index is 0.0696. The van der Waals surface area contributed by atoms with Gasteiger partial charge in [-0.1, -0.05) is 19.4 Å². The number of nitrogens with zero attached hydrogens (tertiary/aromatic N) is 1. The number of nitro benzene ring substituents is 1. The van der Waals surface area contributed by atoms with Crippen LogP contribution in [-0.2, 0) is 6.54 Å². The fourth-order valence-electron chi connectivity index (χ4n) is 2.21. The van der Waals surface area contributed by atoms with Gasteiger partial charge in [0.2, 0.25) is 0 Å². The zero-order valence-electron chi connectivity index (χ0n) is 11.9. The van der Waals surface area contributed by atoms with Crippen LogP contribution in [0.4, 0.5) is 5.69 Å². The Morgan fingerprint density at radius 3 is 2.85 bits per heavy atom. The van der Waals surface area contributed by atoms with Gasteiger partial charge in [0.1, 0.15) is 0 Å². The molecule has 1 aromatic carbocycles. The van der Waals surface area contributed by atoms with Crippen molar-refractivity contribution < 1.29 is 9.66 Å². The lowest BCUT2D eigenvalue weighted by molar-refractivity contribution is -0.386. The molecule has 0 radical (unpaired) electrons. The standard InChI is InChI=1S/C15H22N2O3/c1-2-8-16-10-13-6-7-15(14(9-13)17(18)19)20-11-12-4-3-5-12/h6-7,9,12,16H,2-5,8,10-11H2,1H3. The van der Waals surface area contributed by atoms with Crippen molar-refractivity contribution in [3.8, 4) is 5.75 Å². The Labute approximate surface area is 119 Å². The smallest absolute Gasteiger partial charge is 0.311 e. The Morgan fingerprint density at radius 1 is 1.45 bits per heavy atom. The molecule has 0 bridgehead atoms. The summed E-state index contributed by atoms with van der Waals surface area (Å²) in [4.78, 5) is 10.8. The second kappa shape index (κ2) is 7.24. The van der Waals surface area contributed by atoms with E-state index >= 15 is 0 Å². The van der Waals surface area contributed by atoms with Gasteiger partial charge >= 0.3 is 5.69 Å². The molecule has 1 aromatic rings. The number of rotatable bonds is 8. The predicted molar refractivity (Wildman–Crippen MR) is 77.9 cm³/mol. The second-order valence-electron chi connectivity index (χ2n) is 5.34. The van der Waals surface area contributed by atoms with Gasteiger partial charge in [0.05, 0.1) is 11.5 Å². The van der Waals surface area contributed by atoms with Crippen LogP contribution >= 0.6 is 0 Å². The number of nitrogens with one attached hydrogen (secondary N) is 1. The fraction of sp³-hybridized carbons (Fsp3) is 0.600. The zero-order chi connectivity index (χ0) is 14.4. The normalized spacial score (nSPS) is 14.8. The van der Waals surface area contributed by atoms with E-state index in [0.717, 1.165) is 18.5 Å². The highest BCUT2D eigenvalue weighted by molar-refractivity contribution is 5.48. The van der Waals surface area contributed by atoms with Crippen molar-refractivity contribution in [2.45, 2.75) is 39.2 Å². The van der Waals surface area contributed by atoms with E-state index in [-0.39, 0.29) is 10.6 Å². The van der Waals surface area contributed by atoms with Gasteiger partial charge in [-0.15, -0.1) is 0 Å². The number of nitro groups is 1. The Morgan fingerprint density at radius 2 is 2.25 bits per heavy atom. The summed E-state index contributed by atoms with van der Waals surface area (Å²) in [5.74, 6) is 0.960. The van der Waals surface area contributed by atoms with Gasteiger partial charge in [0.25, 0.3) is 0 Å². The molecule has 5 heteroatoms. The molecule has 0 spiro atoms. The van der Waals surface area contributed by atoms with Gasteiger partial charge in [-0.3, -0.25) is 10.1 Å². The maximum atomic E-state index is 11.1. The highest BCUT2D eigenvalue weighted by Gasteiger charge is 2.21. The Bertz CT molecular complexity index is 458. The van der Waals surface area contributed by atoms with Crippen LogP contribution in [0.25, 0.3) is 0 Å². The lowest BCUT2D eigenvalue weighted by Gasteiger charge is -2.25.